The summed E-state index contributed by atoms with van der Waals surface area (Å²) in [7, 11) is 2.99. The number of hydrogen-bond donors (Lipinski definition) is 7. The summed E-state index contributed by atoms with van der Waals surface area (Å²) in [5.74, 6) is 0.485. The number of nitrogens with two attached hydrogens (primary N) is 1. The number of benzene rings is 2. The van der Waals surface area contributed by atoms with Crippen molar-refractivity contribution in [2.45, 2.75) is 108 Å². The molecule has 0 bridgehead atoms. The molecule has 4 aliphatic rings. The van der Waals surface area contributed by atoms with Crippen molar-refractivity contribution in [3.63, 3.8) is 0 Å². The maximum atomic E-state index is 12.8. The van der Waals surface area contributed by atoms with Gasteiger partial charge >= 0.3 is 5.97 Å². The van der Waals surface area contributed by atoms with E-state index in [4.69, 9.17) is 24.7 Å². The largest absolute Gasteiger partial charge is 0.504 e. The van der Waals surface area contributed by atoms with Crippen LogP contribution < -0.4 is 30.6 Å². The molecule has 0 aromatic heterocycles. The number of carboxylic acids is 1. The van der Waals surface area contributed by atoms with Crippen molar-refractivity contribution in [1.82, 2.24) is 10.6 Å². The summed E-state index contributed by atoms with van der Waals surface area (Å²) in [5.41, 5.74) is 8.01. The number of aliphatic carboxylic acids is 1. The minimum atomic E-state index is -0.849. The Morgan fingerprint density at radius 1 is 1.06 bits per heavy atom. The topological polar surface area (TPSA) is 185 Å². The van der Waals surface area contributed by atoms with E-state index in [0.29, 0.717) is 55.8 Å². The number of carbonyl (C=O) groups is 1. The van der Waals surface area contributed by atoms with Crippen LogP contribution in [0.2, 0.25) is 0 Å². The van der Waals surface area contributed by atoms with E-state index < -0.39 is 23.6 Å². The molecule has 8 N–H and O–H groups in total. The smallest absolute Gasteiger partial charge is 0.304 e. The molecule has 284 valence electrons. The molecular weight excluding hydrogens is 666 g/mol. The van der Waals surface area contributed by atoms with Crippen LogP contribution >= 0.6 is 0 Å². The van der Waals surface area contributed by atoms with Gasteiger partial charge in [0.25, 0.3) is 0 Å². The summed E-state index contributed by atoms with van der Waals surface area (Å²) < 4.78 is 23.9. The Morgan fingerprint density at radius 3 is 2.52 bits per heavy atom. The third-order valence-corrected chi connectivity index (χ3v) is 11.9. The number of rotatable bonds is 13. The second-order valence-electron chi connectivity index (χ2n) is 15.3. The highest BCUT2D eigenvalue weighted by Crippen LogP contribution is 2.62. The molecule has 1 aliphatic carbocycles. The van der Waals surface area contributed by atoms with Crippen molar-refractivity contribution < 1.29 is 44.2 Å². The first-order chi connectivity index (χ1) is 24.9. The van der Waals surface area contributed by atoms with Crippen LogP contribution in [0.25, 0.3) is 0 Å². The molecule has 3 heterocycles. The van der Waals surface area contributed by atoms with Gasteiger partial charge in [0.1, 0.15) is 6.61 Å². The monoisotopic (exact) mass is 721 g/mol. The van der Waals surface area contributed by atoms with Crippen molar-refractivity contribution in [3.05, 3.63) is 65.0 Å². The predicted octanol–water partition coefficient (Wildman–Crippen LogP) is 5.20. The predicted molar refractivity (Wildman–Crippen MR) is 196 cm³/mol. The fraction of sp³-hybridized carbons (Fsp3) is 0.575. The maximum Gasteiger partial charge on any atom is 0.304 e. The van der Waals surface area contributed by atoms with Crippen LogP contribution in [0.5, 0.6) is 28.7 Å². The van der Waals surface area contributed by atoms with Crippen molar-refractivity contribution in [2.75, 3.05) is 27.4 Å². The van der Waals surface area contributed by atoms with Crippen LogP contribution in [0, 0.1) is 10.8 Å². The van der Waals surface area contributed by atoms with Crippen molar-refractivity contribution in [1.29, 1.82) is 0 Å². The highest BCUT2D eigenvalue weighted by Gasteiger charge is 2.60. The summed E-state index contributed by atoms with van der Waals surface area (Å²) in [6, 6.07) is 8.52. The molecule has 12 heteroatoms. The van der Waals surface area contributed by atoms with Crippen LogP contribution in [0.15, 0.2) is 53.9 Å². The zero-order valence-electron chi connectivity index (χ0n) is 30.5. The number of hydrogen-bond acceptors (Lipinski definition) is 11. The van der Waals surface area contributed by atoms with Gasteiger partial charge in [-0.15, -0.1) is 0 Å². The molecule has 3 fully saturated rings. The normalized spacial score (nSPS) is 28.4. The number of aliphatic hydroxyl groups excluding tert-OH is 1. The van der Waals surface area contributed by atoms with E-state index in [1.54, 1.807) is 24.3 Å². The fourth-order valence-corrected chi connectivity index (χ4v) is 9.56. The van der Waals surface area contributed by atoms with Crippen LogP contribution in [-0.2, 0) is 16.0 Å². The molecule has 1 spiro atoms. The molecule has 12 nitrogen and oxygen atoms in total. The number of aromatic hydroxyl groups is 2. The van der Waals surface area contributed by atoms with Crippen LogP contribution in [0.1, 0.15) is 88.4 Å². The lowest BCUT2D eigenvalue weighted by atomic mass is 9.50. The lowest BCUT2D eigenvalue weighted by Crippen LogP contribution is -2.65. The number of methoxy groups -OCH3 is 2. The number of nitrogens with one attached hydrogen (secondary N) is 2. The van der Waals surface area contributed by atoms with E-state index in [2.05, 4.69) is 23.6 Å². The van der Waals surface area contributed by atoms with Gasteiger partial charge in [-0.05, 0) is 104 Å². The van der Waals surface area contributed by atoms with E-state index in [1.165, 1.54) is 14.2 Å². The molecule has 3 aliphatic heterocycles. The minimum Gasteiger partial charge on any atom is -0.504 e. The molecule has 52 heavy (non-hydrogen) atoms. The van der Waals surface area contributed by atoms with Gasteiger partial charge in [-0.25, -0.2) is 0 Å². The Hall–Kier alpha value is -4.13. The maximum absolute atomic E-state index is 12.8. The van der Waals surface area contributed by atoms with E-state index in [0.717, 1.165) is 43.2 Å². The molecule has 6 unspecified atom stereocenters. The first kappa shape index (κ1) is 37.6. The standard InChI is InChI=1S/C40H55N3O9/c1-24-20-39(11-4-5-12-39)40(22-37(46)47,21-26-10-13-42-36(41)15-26)35(43-24)23-51-34-17-27(16-33(50-3)38(34)48)31-19-28(44)18-29(52-31)8-6-25-7-9-30(45)32(14-25)49-2/h7,9-10,14-17,24,28-29,31,35,42-45,48H,4-6,8,11-13,18-23,41H2,1-3H3,(H,46,47). The van der Waals surface area contributed by atoms with Gasteiger partial charge < -0.3 is 55.7 Å². The Morgan fingerprint density at radius 2 is 1.81 bits per heavy atom. The van der Waals surface area contributed by atoms with Crippen LogP contribution in [0.3, 0.4) is 0 Å². The molecule has 2 saturated heterocycles. The SMILES string of the molecule is COc1cc(CCC2CC(O)CC(c3cc(OC)c(O)c(OCC4NC(C)CC5(CCCC5)C4(CC(=O)O)CC4=CCNC(N)=C4)c3)O2)ccc1O. The molecular formula is C40H55N3O9. The molecule has 2 aromatic carbocycles. The van der Waals surface area contributed by atoms with Gasteiger partial charge in [-0.2, -0.15) is 0 Å². The second kappa shape index (κ2) is 15.9. The number of carboxylic acid groups (broad SMARTS) is 1. The molecule has 2 aromatic rings. The van der Waals surface area contributed by atoms with E-state index in [-0.39, 0.29) is 59.6 Å². The fourth-order valence-electron chi connectivity index (χ4n) is 9.56. The number of aryl methyl sites for hydroxylation is 1. The number of ether oxygens (including phenoxy) is 4. The van der Waals surface area contributed by atoms with E-state index >= 15 is 0 Å². The first-order valence-electron chi connectivity index (χ1n) is 18.5. The van der Waals surface area contributed by atoms with Gasteiger partial charge in [0, 0.05) is 30.5 Å². The zero-order valence-corrected chi connectivity index (χ0v) is 30.5. The van der Waals surface area contributed by atoms with Gasteiger partial charge in [-0.3, -0.25) is 4.79 Å². The first-order valence-corrected chi connectivity index (χ1v) is 18.5. The number of phenolic OH excluding ortho intramolecular Hbond substituents is 2. The lowest BCUT2D eigenvalue weighted by molar-refractivity contribution is -0.148. The van der Waals surface area contributed by atoms with Gasteiger partial charge in [0.2, 0.25) is 5.75 Å². The summed E-state index contributed by atoms with van der Waals surface area (Å²) in [6.45, 7) is 2.86. The second-order valence-corrected chi connectivity index (χ2v) is 15.3. The van der Waals surface area contributed by atoms with Gasteiger partial charge in [0.05, 0.1) is 44.8 Å². The number of dihydropyridines is 1. The Labute approximate surface area is 306 Å². The minimum absolute atomic E-state index is 0.0271. The van der Waals surface area contributed by atoms with Gasteiger partial charge in [-0.1, -0.05) is 25.0 Å². The summed E-state index contributed by atoms with van der Waals surface area (Å²) in [6.07, 6.45) is 10.2. The average Bonchev–Trinajstić information content (AvgIpc) is 3.58. The highest BCUT2D eigenvalue weighted by molar-refractivity contribution is 5.68. The average molecular weight is 722 g/mol. The quantitative estimate of drug-likeness (QED) is 0.144. The van der Waals surface area contributed by atoms with Crippen LogP contribution in [-0.4, -0.2) is 78.1 Å². The molecule has 0 amide bonds. The number of piperidine rings is 1. The Bertz CT molecular complexity index is 1650. The Kier molecular flexibility index (Phi) is 11.5. The third kappa shape index (κ3) is 7.94. The van der Waals surface area contributed by atoms with Crippen molar-refractivity contribution in [2.24, 2.45) is 16.6 Å². The third-order valence-electron chi connectivity index (χ3n) is 11.9. The number of aliphatic hydroxyl groups is 1. The zero-order chi connectivity index (χ0) is 37.0. The molecule has 6 rings (SSSR count). The summed E-state index contributed by atoms with van der Waals surface area (Å²) in [5, 5.41) is 49.6. The lowest BCUT2D eigenvalue weighted by Gasteiger charge is -2.58. The molecule has 0 radical (unpaired) electrons. The summed E-state index contributed by atoms with van der Waals surface area (Å²) in [4.78, 5) is 12.8. The van der Waals surface area contributed by atoms with E-state index in [9.17, 15) is 25.2 Å². The van der Waals surface area contributed by atoms with E-state index in [1.807, 2.05) is 12.1 Å². The number of allylic oxidation sites excluding steroid dienone is 2. The van der Waals surface area contributed by atoms with Crippen molar-refractivity contribution in [3.8, 4) is 28.7 Å². The Balaban J connectivity index is 1.26. The van der Waals surface area contributed by atoms with Crippen LogP contribution in [0.4, 0.5) is 0 Å². The highest BCUT2D eigenvalue weighted by atomic mass is 16.5. The summed E-state index contributed by atoms with van der Waals surface area (Å²) >= 11 is 0. The molecule has 1 saturated carbocycles. The van der Waals surface area contributed by atoms with Gasteiger partial charge in [0.15, 0.2) is 23.0 Å². The van der Waals surface area contributed by atoms with Crippen molar-refractivity contribution >= 4 is 5.97 Å². The number of phenols is 2. The molecule has 6 atom stereocenters.